The molecule has 2 heterocycles. The monoisotopic (exact) mass is 275 g/mol. The van der Waals surface area contributed by atoms with Gasteiger partial charge in [0.2, 0.25) is 0 Å². The van der Waals surface area contributed by atoms with E-state index in [0.29, 0.717) is 19.4 Å². The summed E-state index contributed by atoms with van der Waals surface area (Å²) >= 11 is 1.68. The van der Waals surface area contributed by atoms with Gasteiger partial charge in [0.25, 0.3) is 0 Å². The number of rotatable bonds is 5. The van der Waals surface area contributed by atoms with Gasteiger partial charge in [0.05, 0.1) is 30.8 Å². The summed E-state index contributed by atoms with van der Waals surface area (Å²) in [6, 6.07) is 6.50. The minimum absolute atomic E-state index is 0.0547. The van der Waals surface area contributed by atoms with Crippen molar-refractivity contribution in [1.29, 1.82) is 10.5 Å². The highest BCUT2D eigenvalue weighted by Crippen LogP contribution is 2.24. The Morgan fingerprint density at radius 3 is 3.11 bits per heavy atom. The van der Waals surface area contributed by atoms with Crippen LogP contribution in [0.2, 0.25) is 0 Å². The van der Waals surface area contributed by atoms with E-state index in [1.807, 2.05) is 0 Å². The molecule has 1 aliphatic heterocycles. The number of morpholine rings is 1. The van der Waals surface area contributed by atoms with Gasteiger partial charge in [-0.3, -0.25) is 4.90 Å². The molecule has 1 aliphatic rings. The number of hydrogen-bond acceptors (Lipinski definition) is 5. The van der Waals surface area contributed by atoms with Crippen molar-refractivity contribution in [2.24, 2.45) is 5.92 Å². The maximum atomic E-state index is 9.12. The van der Waals surface area contributed by atoms with Crippen LogP contribution in [0.25, 0.3) is 0 Å². The van der Waals surface area contributed by atoms with Gasteiger partial charge in [-0.2, -0.15) is 21.9 Å². The Morgan fingerprint density at radius 1 is 1.53 bits per heavy atom. The van der Waals surface area contributed by atoms with E-state index in [9.17, 15) is 0 Å². The first-order chi connectivity index (χ1) is 9.33. The third-order valence-corrected chi connectivity index (χ3v) is 4.03. The predicted molar refractivity (Wildman–Crippen MR) is 73.4 cm³/mol. The summed E-state index contributed by atoms with van der Waals surface area (Å²) in [5, 5.41) is 21.9. The molecule has 0 saturated carbocycles. The minimum atomic E-state index is -0.0547. The molecular formula is C14H17N3OS. The first kappa shape index (κ1) is 14.0. The molecule has 0 radical (unpaired) electrons. The lowest BCUT2D eigenvalue weighted by atomic mass is 10.0. The Bertz CT molecular complexity index is 460. The fourth-order valence-corrected chi connectivity index (χ4v) is 2.98. The maximum absolute atomic E-state index is 9.12. The molecule has 5 heteroatoms. The van der Waals surface area contributed by atoms with Gasteiger partial charge in [-0.05, 0) is 28.8 Å². The van der Waals surface area contributed by atoms with Gasteiger partial charge in [0.15, 0.2) is 0 Å². The van der Waals surface area contributed by atoms with Crippen molar-refractivity contribution in [2.45, 2.75) is 18.9 Å². The highest BCUT2D eigenvalue weighted by molar-refractivity contribution is 7.07. The van der Waals surface area contributed by atoms with Crippen LogP contribution in [0.3, 0.4) is 0 Å². The van der Waals surface area contributed by atoms with Crippen LogP contribution in [0.1, 0.15) is 24.5 Å². The molecule has 1 aromatic heterocycles. The van der Waals surface area contributed by atoms with Crippen molar-refractivity contribution >= 4 is 11.3 Å². The van der Waals surface area contributed by atoms with Crippen LogP contribution >= 0.6 is 11.3 Å². The van der Waals surface area contributed by atoms with E-state index in [0.717, 1.165) is 19.6 Å². The van der Waals surface area contributed by atoms with Gasteiger partial charge in [0.1, 0.15) is 0 Å². The summed E-state index contributed by atoms with van der Waals surface area (Å²) < 4.78 is 5.78. The van der Waals surface area contributed by atoms with E-state index in [2.05, 4.69) is 33.9 Å². The Balaban J connectivity index is 1.87. The molecule has 2 atom stereocenters. The van der Waals surface area contributed by atoms with Crippen LogP contribution < -0.4 is 0 Å². The molecule has 0 bridgehead atoms. The standard InChI is InChI=1S/C14H17N3OS/c15-4-1-2-12(8-16)9-17-5-6-18-14(10-17)13-3-7-19-11-13/h3,7,11-12,14H,1-2,5-6,9-10H2/t12-,14-/m0/s1. The molecule has 0 aromatic carbocycles. The summed E-state index contributed by atoms with van der Waals surface area (Å²) in [7, 11) is 0. The summed E-state index contributed by atoms with van der Waals surface area (Å²) in [6.07, 6.45) is 1.24. The van der Waals surface area contributed by atoms with Gasteiger partial charge in [-0.15, -0.1) is 0 Å². The Hall–Kier alpha value is -1.40. The van der Waals surface area contributed by atoms with Crippen LogP contribution in [0, 0.1) is 28.6 Å². The molecule has 0 amide bonds. The molecular weight excluding hydrogens is 258 g/mol. The molecule has 0 aliphatic carbocycles. The van der Waals surface area contributed by atoms with Crippen molar-refractivity contribution in [3.05, 3.63) is 22.4 Å². The van der Waals surface area contributed by atoms with Crippen molar-refractivity contribution in [3.8, 4) is 12.1 Å². The molecule has 0 spiro atoms. The lowest BCUT2D eigenvalue weighted by Gasteiger charge is -2.33. The van der Waals surface area contributed by atoms with E-state index < -0.39 is 0 Å². The Labute approximate surface area is 117 Å². The van der Waals surface area contributed by atoms with Crippen LogP contribution in [0.4, 0.5) is 0 Å². The van der Waals surface area contributed by atoms with Gasteiger partial charge < -0.3 is 4.74 Å². The fourth-order valence-electron chi connectivity index (χ4n) is 2.28. The second-order valence-electron chi connectivity index (χ2n) is 4.70. The van der Waals surface area contributed by atoms with Crippen molar-refractivity contribution in [2.75, 3.05) is 26.2 Å². The predicted octanol–water partition coefficient (Wildman–Crippen LogP) is 2.56. The van der Waals surface area contributed by atoms with Gasteiger partial charge in [-0.25, -0.2) is 0 Å². The van der Waals surface area contributed by atoms with E-state index in [1.54, 1.807) is 11.3 Å². The molecule has 1 fully saturated rings. The number of nitriles is 2. The summed E-state index contributed by atoms with van der Waals surface area (Å²) in [5.74, 6) is -0.0547. The number of thiophene rings is 1. The molecule has 100 valence electrons. The van der Waals surface area contributed by atoms with Crippen molar-refractivity contribution in [1.82, 2.24) is 4.90 Å². The first-order valence-corrected chi connectivity index (χ1v) is 7.40. The van der Waals surface area contributed by atoms with Crippen molar-refractivity contribution < 1.29 is 4.74 Å². The van der Waals surface area contributed by atoms with Gasteiger partial charge in [0, 0.05) is 26.1 Å². The third kappa shape index (κ3) is 4.04. The smallest absolute Gasteiger partial charge is 0.0960 e. The molecule has 19 heavy (non-hydrogen) atoms. The lowest BCUT2D eigenvalue weighted by Crippen LogP contribution is -2.40. The number of hydrogen-bond donors (Lipinski definition) is 0. The zero-order valence-corrected chi connectivity index (χ0v) is 11.6. The molecule has 2 rings (SSSR count). The first-order valence-electron chi connectivity index (χ1n) is 6.46. The molecule has 4 nitrogen and oxygen atoms in total. The van der Waals surface area contributed by atoms with E-state index in [1.165, 1.54) is 5.56 Å². The van der Waals surface area contributed by atoms with E-state index in [4.69, 9.17) is 15.3 Å². The summed E-state index contributed by atoms with van der Waals surface area (Å²) in [6.45, 7) is 3.14. The van der Waals surface area contributed by atoms with Crippen LogP contribution in [-0.2, 0) is 4.74 Å². The lowest BCUT2D eigenvalue weighted by molar-refractivity contribution is -0.0326. The minimum Gasteiger partial charge on any atom is -0.371 e. The molecule has 0 N–H and O–H groups in total. The van der Waals surface area contributed by atoms with Crippen LogP contribution in [-0.4, -0.2) is 31.1 Å². The van der Waals surface area contributed by atoms with Crippen LogP contribution in [0.5, 0.6) is 0 Å². The number of nitrogens with zero attached hydrogens (tertiary/aromatic N) is 3. The number of ether oxygens (including phenoxy) is 1. The quantitative estimate of drug-likeness (QED) is 0.828. The maximum Gasteiger partial charge on any atom is 0.0960 e. The van der Waals surface area contributed by atoms with Gasteiger partial charge >= 0.3 is 0 Å². The zero-order valence-electron chi connectivity index (χ0n) is 10.8. The second-order valence-corrected chi connectivity index (χ2v) is 5.48. The Morgan fingerprint density at radius 2 is 2.42 bits per heavy atom. The third-order valence-electron chi connectivity index (χ3n) is 3.33. The highest BCUT2D eigenvalue weighted by atomic mass is 32.1. The van der Waals surface area contributed by atoms with Gasteiger partial charge in [-0.1, -0.05) is 0 Å². The molecule has 1 saturated heterocycles. The average Bonchev–Trinajstić information content (AvgIpc) is 2.98. The Kier molecular flexibility index (Phi) is 5.35. The SMILES string of the molecule is N#CCC[C@@H](C#N)CN1CCO[C@H](c2ccsc2)C1. The summed E-state index contributed by atoms with van der Waals surface area (Å²) in [4.78, 5) is 2.27. The molecule has 0 unspecified atom stereocenters. The average molecular weight is 275 g/mol. The van der Waals surface area contributed by atoms with E-state index >= 15 is 0 Å². The fraction of sp³-hybridized carbons (Fsp3) is 0.571. The second kappa shape index (κ2) is 7.25. The zero-order chi connectivity index (χ0) is 13.5. The highest BCUT2D eigenvalue weighted by Gasteiger charge is 2.24. The largest absolute Gasteiger partial charge is 0.371 e. The topological polar surface area (TPSA) is 60.0 Å². The summed E-state index contributed by atoms with van der Waals surface area (Å²) in [5.41, 5.74) is 1.22. The van der Waals surface area contributed by atoms with Crippen molar-refractivity contribution in [3.63, 3.8) is 0 Å². The van der Waals surface area contributed by atoms with Crippen LogP contribution in [0.15, 0.2) is 16.8 Å². The van der Waals surface area contributed by atoms with E-state index in [-0.39, 0.29) is 12.0 Å². The normalized spacial score (nSPS) is 21.5. The molecule has 1 aromatic rings.